The van der Waals surface area contributed by atoms with Crippen LogP contribution in [-0.2, 0) is 30.2 Å². The molecule has 7 heteroatoms. The number of alkyl halides is 3. The van der Waals surface area contributed by atoms with Crippen LogP contribution in [0.5, 0.6) is 0 Å². The fraction of sp³-hybridized carbons (Fsp3) is 0.250. The molecule has 1 atom stereocenters. The van der Waals surface area contributed by atoms with Gasteiger partial charge in [0.05, 0.1) is 12.2 Å². The zero-order valence-electron chi connectivity index (χ0n) is 21.2. The lowest BCUT2D eigenvalue weighted by Gasteiger charge is -2.16. The van der Waals surface area contributed by atoms with Crippen molar-refractivity contribution in [3.8, 4) is 22.3 Å². The van der Waals surface area contributed by atoms with Crippen molar-refractivity contribution in [1.29, 1.82) is 0 Å². The van der Waals surface area contributed by atoms with Gasteiger partial charge in [0, 0.05) is 16.7 Å². The number of rotatable bonds is 8. The normalized spacial score (nSPS) is 15.0. The molecular weight excluding hydrogens is 514 g/mol. The Morgan fingerprint density at radius 2 is 1.23 bits per heavy atom. The maximum atomic E-state index is 15.0. The van der Waals surface area contributed by atoms with Crippen LogP contribution < -0.4 is 0 Å². The van der Waals surface area contributed by atoms with Gasteiger partial charge >= 0.3 is 6.18 Å². The van der Waals surface area contributed by atoms with Crippen LogP contribution >= 0.6 is 0 Å². The monoisotopic (exact) mass is 540 g/mol. The molecule has 1 aliphatic rings. The maximum absolute atomic E-state index is 15.0. The number of hydrogen-bond acceptors (Lipinski definition) is 1. The molecule has 1 saturated heterocycles. The molecule has 39 heavy (non-hydrogen) atoms. The highest BCUT2D eigenvalue weighted by molar-refractivity contribution is 5.72. The van der Waals surface area contributed by atoms with E-state index < -0.39 is 35.3 Å². The summed E-state index contributed by atoms with van der Waals surface area (Å²) in [5, 5.41) is 0. The summed E-state index contributed by atoms with van der Waals surface area (Å²) in [6, 6.07) is 18.9. The van der Waals surface area contributed by atoms with E-state index in [4.69, 9.17) is 4.74 Å². The maximum Gasteiger partial charge on any atom is 0.419 e. The van der Waals surface area contributed by atoms with Gasteiger partial charge in [-0.25, -0.2) is 13.2 Å². The van der Waals surface area contributed by atoms with E-state index in [9.17, 15) is 22.0 Å². The van der Waals surface area contributed by atoms with E-state index in [0.29, 0.717) is 16.7 Å². The molecule has 0 amide bonds. The summed E-state index contributed by atoms with van der Waals surface area (Å²) in [6.45, 7) is 2.28. The minimum Gasteiger partial charge on any atom is -0.368 e. The quantitative estimate of drug-likeness (QED) is 0.160. The summed E-state index contributed by atoms with van der Waals surface area (Å²) in [4.78, 5) is 0. The Morgan fingerprint density at radius 1 is 0.718 bits per heavy atom. The topological polar surface area (TPSA) is 12.5 Å². The minimum atomic E-state index is -4.83. The molecule has 0 radical (unpaired) electrons. The van der Waals surface area contributed by atoms with Crippen LogP contribution in [-0.4, -0.2) is 6.61 Å². The highest BCUT2D eigenvalue weighted by atomic mass is 19.4. The number of hydrogen-bond donors (Lipinski definition) is 0. The molecule has 1 nitrogen and oxygen atoms in total. The largest absolute Gasteiger partial charge is 0.419 e. The lowest BCUT2D eigenvalue weighted by atomic mass is 9.94. The van der Waals surface area contributed by atoms with Gasteiger partial charge in [-0.1, -0.05) is 74.0 Å². The summed E-state index contributed by atoms with van der Waals surface area (Å²) < 4.78 is 90.6. The standard InChI is InChI=1S/C32H26F6O/c1-2-3-19-4-9-21(10-5-19)25-16-28(34)26(17-27(25)33)22-11-6-20(7-12-22)8-13-23-14-15-24(29-18-39-29)31(35)30(23)32(36,37)38/h4-7,9-12,14-17,29H,2-3,8,13,18H2,1H3. The van der Waals surface area contributed by atoms with Crippen molar-refractivity contribution in [3.05, 3.63) is 118 Å². The third-order valence-corrected chi connectivity index (χ3v) is 7.03. The number of aryl methyl sites for hydroxylation is 3. The van der Waals surface area contributed by atoms with Gasteiger partial charge < -0.3 is 4.74 Å². The second kappa shape index (κ2) is 10.9. The molecule has 0 bridgehead atoms. The van der Waals surface area contributed by atoms with Gasteiger partial charge in [0.2, 0.25) is 0 Å². The van der Waals surface area contributed by atoms with Gasteiger partial charge in [-0.05, 0) is 59.2 Å². The fourth-order valence-corrected chi connectivity index (χ4v) is 4.88. The third kappa shape index (κ3) is 5.88. The van der Waals surface area contributed by atoms with Crippen molar-refractivity contribution in [2.24, 2.45) is 0 Å². The molecule has 0 N–H and O–H groups in total. The van der Waals surface area contributed by atoms with E-state index >= 15 is 4.39 Å². The van der Waals surface area contributed by atoms with Gasteiger partial charge in [-0.3, -0.25) is 0 Å². The van der Waals surface area contributed by atoms with Gasteiger partial charge in [0.25, 0.3) is 0 Å². The second-order valence-corrected chi connectivity index (χ2v) is 9.78. The molecule has 0 aromatic heterocycles. The number of halogens is 6. The molecule has 1 aliphatic heterocycles. The Balaban J connectivity index is 1.33. The molecule has 4 aromatic rings. The van der Waals surface area contributed by atoms with Crippen molar-refractivity contribution in [1.82, 2.24) is 0 Å². The summed E-state index contributed by atoms with van der Waals surface area (Å²) in [7, 11) is 0. The predicted octanol–water partition coefficient (Wildman–Crippen LogP) is 9.27. The van der Waals surface area contributed by atoms with E-state index in [-0.39, 0.29) is 41.7 Å². The Morgan fingerprint density at radius 3 is 1.69 bits per heavy atom. The van der Waals surface area contributed by atoms with Crippen molar-refractivity contribution < 1.29 is 31.1 Å². The molecule has 0 spiro atoms. The minimum absolute atomic E-state index is 0.0361. The van der Waals surface area contributed by atoms with Crippen LogP contribution in [0.3, 0.4) is 0 Å². The molecule has 1 fully saturated rings. The lowest BCUT2D eigenvalue weighted by Crippen LogP contribution is -2.14. The SMILES string of the molecule is CCCc1ccc(-c2cc(F)c(-c3ccc(CCc4ccc(C5CO5)c(F)c4C(F)(F)F)cc3)cc2F)cc1. The van der Waals surface area contributed by atoms with E-state index in [1.165, 1.54) is 18.2 Å². The molecule has 0 aliphatic carbocycles. The Kier molecular flexibility index (Phi) is 7.54. The van der Waals surface area contributed by atoms with Gasteiger partial charge in [0.15, 0.2) is 0 Å². The molecular formula is C32H26F6O. The summed E-state index contributed by atoms with van der Waals surface area (Å²) in [5.74, 6) is -2.42. The first-order valence-electron chi connectivity index (χ1n) is 12.8. The van der Waals surface area contributed by atoms with Gasteiger partial charge in [0.1, 0.15) is 23.6 Å². The molecule has 1 unspecified atom stereocenters. The lowest BCUT2D eigenvalue weighted by molar-refractivity contribution is -0.140. The second-order valence-electron chi connectivity index (χ2n) is 9.78. The van der Waals surface area contributed by atoms with Crippen molar-refractivity contribution in [2.75, 3.05) is 6.61 Å². The summed E-state index contributed by atoms with van der Waals surface area (Å²) in [6.07, 6.45) is -3.38. The van der Waals surface area contributed by atoms with Gasteiger partial charge in [-0.2, -0.15) is 13.2 Å². The zero-order valence-corrected chi connectivity index (χ0v) is 21.2. The van der Waals surface area contributed by atoms with Crippen molar-refractivity contribution >= 4 is 0 Å². The Hall–Kier alpha value is -3.58. The highest BCUT2D eigenvalue weighted by Gasteiger charge is 2.40. The van der Waals surface area contributed by atoms with E-state index in [0.717, 1.165) is 24.5 Å². The summed E-state index contributed by atoms with van der Waals surface area (Å²) in [5.41, 5.74) is 1.62. The highest BCUT2D eigenvalue weighted by Crippen LogP contribution is 2.40. The zero-order chi connectivity index (χ0) is 27.7. The van der Waals surface area contributed by atoms with Crippen LogP contribution in [0.4, 0.5) is 26.3 Å². The predicted molar refractivity (Wildman–Crippen MR) is 139 cm³/mol. The van der Waals surface area contributed by atoms with Crippen molar-refractivity contribution in [3.63, 3.8) is 0 Å². The average Bonchev–Trinajstić information content (AvgIpc) is 3.74. The smallest absolute Gasteiger partial charge is 0.368 e. The van der Waals surface area contributed by atoms with Crippen LogP contribution in [0.15, 0.2) is 72.8 Å². The average molecular weight is 541 g/mol. The molecule has 202 valence electrons. The number of epoxide rings is 1. The van der Waals surface area contributed by atoms with E-state index in [1.807, 2.05) is 12.1 Å². The van der Waals surface area contributed by atoms with Gasteiger partial charge in [-0.15, -0.1) is 0 Å². The Labute approximate surface area is 223 Å². The first-order valence-corrected chi connectivity index (χ1v) is 12.8. The van der Waals surface area contributed by atoms with Crippen LogP contribution in [0.25, 0.3) is 22.3 Å². The first kappa shape index (κ1) is 27.0. The molecule has 1 heterocycles. The van der Waals surface area contributed by atoms with E-state index in [1.54, 1.807) is 36.4 Å². The van der Waals surface area contributed by atoms with Crippen LogP contribution in [0, 0.1) is 17.5 Å². The molecule has 5 rings (SSSR count). The van der Waals surface area contributed by atoms with Crippen molar-refractivity contribution in [2.45, 2.75) is 44.9 Å². The Bertz CT molecular complexity index is 1470. The molecule has 0 saturated carbocycles. The number of ether oxygens (including phenoxy) is 1. The van der Waals surface area contributed by atoms with Crippen LogP contribution in [0.2, 0.25) is 0 Å². The van der Waals surface area contributed by atoms with Crippen LogP contribution in [0.1, 0.15) is 47.3 Å². The first-order chi connectivity index (χ1) is 18.7. The fourth-order valence-electron chi connectivity index (χ4n) is 4.88. The van der Waals surface area contributed by atoms with E-state index in [2.05, 4.69) is 6.92 Å². The third-order valence-electron chi connectivity index (χ3n) is 7.03. The molecule has 4 aromatic carbocycles. The number of benzene rings is 4. The summed E-state index contributed by atoms with van der Waals surface area (Å²) >= 11 is 0.